The van der Waals surface area contributed by atoms with E-state index in [1.807, 2.05) is 48.5 Å². The predicted octanol–water partition coefficient (Wildman–Crippen LogP) is 4.24. The van der Waals surface area contributed by atoms with Crippen LogP contribution in [0.5, 0.6) is 0 Å². The molecule has 1 amide bonds. The lowest BCUT2D eigenvalue weighted by atomic mass is 10.1. The monoisotopic (exact) mass is 415 g/mol. The summed E-state index contributed by atoms with van der Waals surface area (Å²) in [6.45, 7) is 3.10. The van der Waals surface area contributed by atoms with Gasteiger partial charge in [0.1, 0.15) is 5.69 Å². The first-order valence-corrected chi connectivity index (χ1v) is 11.0. The summed E-state index contributed by atoms with van der Waals surface area (Å²) in [6.07, 6.45) is 4.96. The number of nitrogens with zero attached hydrogens (tertiary/aromatic N) is 2. The molecule has 0 spiro atoms. The van der Waals surface area contributed by atoms with E-state index in [0.29, 0.717) is 18.3 Å². The molecule has 1 aliphatic heterocycles. The second kappa shape index (κ2) is 10.7. The number of pyridine rings is 1. The van der Waals surface area contributed by atoms with Crippen LogP contribution in [0, 0.1) is 0 Å². The highest BCUT2D eigenvalue weighted by Gasteiger charge is 2.21. The molecule has 160 valence electrons. The van der Waals surface area contributed by atoms with Crippen molar-refractivity contribution in [2.75, 3.05) is 24.6 Å². The van der Waals surface area contributed by atoms with Crippen LogP contribution in [0.3, 0.4) is 0 Å². The number of carbonyl (C=O) groups is 1. The average molecular weight is 416 g/mol. The van der Waals surface area contributed by atoms with E-state index < -0.39 is 0 Å². The molecule has 1 aromatic heterocycles. The Kier molecular flexibility index (Phi) is 7.29. The summed E-state index contributed by atoms with van der Waals surface area (Å²) in [7, 11) is 0. The van der Waals surface area contributed by atoms with Gasteiger partial charge in [0.2, 0.25) is 0 Å². The first-order chi connectivity index (χ1) is 15.3. The van der Waals surface area contributed by atoms with E-state index in [1.165, 1.54) is 5.56 Å². The van der Waals surface area contributed by atoms with Crippen molar-refractivity contribution in [3.8, 4) is 0 Å². The van der Waals surface area contributed by atoms with Gasteiger partial charge in [0.15, 0.2) is 0 Å². The second-order valence-electron chi connectivity index (χ2n) is 7.86. The molecule has 0 unspecified atom stereocenters. The number of nitrogens with one attached hydrogen (secondary N) is 1. The van der Waals surface area contributed by atoms with Gasteiger partial charge in [-0.2, -0.15) is 0 Å². The van der Waals surface area contributed by atoms with E-state index in [1.54, 1.807) is 6.20 Å². The van der Waals surface area contributed by atoms with Gasteiger partial charge in [-0.05, 0) is 42.5 Å². The van der Waals surface area contributed by atoms with E-state index >= 15 is 0 Å². The van der Waals surface area contributed by atoms with Crippen LogP contribution >= 0.6 is 0 Å². The van der Waals surface area contributed by atoms with Gasteiger partial charge in [-0.3, -0.25) is 9.78 Å². The highest BCUT2D eigenvalue weighted by atomic mass is 16.5. The molecule has 0 aliphatic carbocycles. The van der Waals surface area contributed by atoms with Crippen LogP contribution in [0.2, 0.25) is 0 Å². The number of aromatic nitrogens is 1. The zero-order valence-corrected chi connectivity index (χ0v) is 17.7. The Morgan fingerprint density at radius 2 is 1.65 bits per heavy atom. The van der Waals surface area contributed by atoms with E-state index in [2.05, 4.69) is 39.5 Å². The van der Waals surface area contributed by atoms with Crippen LogP contribution in [-0.2, 0) is 17.7 Å². The average Bonchev–Trinajstić information content (AvgIpc) is 2.84. The van der Waals surface area contributed by atoms with Crippen LogP contribution < -0.4 is 10.2 Å². The molecular weight excluding hydrogens is 386 g/mol. The van der Waals surface area contributed by atoms with Crippen molar-refractivity contribution in [3.05, 3.63) is 95.8 Å². The Balaban J connectivity index is 1.24. The molecule has 0 bridgehead atoms. The molecule has 0 saturated carbocycles. The van der Waals surface area contributed by atoms with Crippen molar-refractivity contribution in [3.63, 3.8) is 0 Å². The molecule has 2 aromatic carbocycles. The number of amides is 1. The quantitative estimate of drug-likeness (QED) is 0.598. The Bertz CT molecular complexity index is 955. The van der Waals surface area contributed by atoms with E-state index in [-0.39, 0.29) is 5.91 Å². The number of rotatable bonds is 8. The highest BCUT2D eigenvalue weighted by Crippen LogP contribution is 2.22. The molecule has 0 radical (unpaired) electrons. The number of benzene rings is 2. The Morgan fingerprint density at radius 3 is 2.35 bits per heavy atom. The van der Waals surface area contributed by atoms with Gasteiger partial charge >= 0.3 is 0 Å². The number of ether oxygens (including phenoxy) is 1. The van der Waals surface area contributed by atoms with Gasteiger partial charge in [-0.15, -0.1) is 0 Å². The zero-order valence-electron chi connectivity index (χ0n) is 17.7. The van der Waals surface area contributed by atoms with Gasteiger partial charge < -0.3 is 15.0 Å². The number of anilines is 1. The topological polar surface area (TPSA) is 54.5 Å². The molecular formula is C26H29N3O2. The zero-order chi connectivity index (χ0) is 21.3. The maximum Gasteiger partial charge on any atom is 0.270 e. The minimum absolute atomic E-state index is 0.148. The first-order valence-electron chi connectivity index (χ1n) is 11.0. The predicted molar refractivity (Wildman–Crippen MR) is 123 cm³/mol. The summed E-state index contributed by atoms with van der Waals surface area (Å²) in [6, 6.07) is 24.2. The van der Waals surface area contributed by atoms with Crippen molar-refractivity contribution < 1.29 is 9.53 Å². The smallest absolute Gasteiger partial charge is 0.270 e. The lowest BCUT2D eigenvalue weighted by molar-refractivity contribution is 0.0390. The van der Waals surface area contributed by atoms with E-state index in [4.69, 9.17) is 4.74 Å². The van der Waals surface area contributed by atoms with Gasteiger partial charge in [0, 0.05) is 31.5 Å². The Morgan fingerprint density at radius 1 is 0.968 bits per heavy atom. The molecule has 1 fully saturated rings. The summed E-state index contributed by atoms with van der Waals surface area (Å²) < 4.78 is 6.10. The van der Waals surface area contributed by atoms with Crippen LogP contribution in [0.25, 0.3) is 0 Å². The molecule has 1 saturated heterocycles. The third-order valence-electron chi connectivity index (χ3n) is 5.67. The maximum absolute atomic E-state index is 12.5. The highest BCUT2D eigenvalue weighted by molar-refractivity contribution is 5.93. The maximum atomic E-state index is 12.5. The first kappa shape index (κ1) is 21.1. The molecule has 2 heterocycles. The van der Waals surface area contributed by atoms with Crippen LogP contribution in [0.4, 0.5) is 5.69 Å². The molecule has 31 heavy (non-hydrogen) atoms. The SMILES string of the molecule is O=C(NCc1ccccc1)c1cc(N2CCC(OCCc3ccccc3)CC2)ccn1. The fourth-order valence-corrected chi connectivity index (χ4v) is 3.88. The second-order valence-corrected chi connectivity index (χ2v) is 7.86. The summed E-state index contributed by atoms with van der Waals surface area (Å²) >= 11 is 0. The van der Waals surface area contributed by atoms with Crippen molar-refractivity contribution in [1.29, 1.82) is 0 Å². The molecule has 5 heteroatoms. The standard InChI is InChI=1S/C26H29N3O2/c30-26(28-20-22-9-5-2-6-10-22)25-19-23(11-15-27-25)29-16-12-24(13-17-29)31-18-14-21-7-3-1-4-8-21/h1-11,15,19,24H,12-14,16-18,20H2,(H,28,30). The molecule has 1 N–H and O–H groups in total. The number of hydrogen-bond acceptors (Lipinski definition) is 4. The summed E-state index contributed by atoms with van der Waals surface area (Å²) in [5.74, 6) is -0.148. The van der Waals surface area contributed by atoms with E-state index in [9.17, 15) is 4.79 Å². The lowest BCUT2D eigenvalue weighted by Crippen LogP contribution is -2.37. The van der Waals surface area contributed by atoms with Crippen molar-refractivity contribution in [2.45, 2.75) is 31.9 Å². The number of hydrogen-bond donors (Lipinski definition) is 1. The van der Waals surface area contributed by atoms with Crippen molar-refractivity contribution in [1.82, 2.24) is 10.3 Å². The molecule has 1 aliphatic rings. The summed E-state index contributed by atoms with van der Waals surface area (Å²) in [4.78, 5) is 19.1. The van der Waals surface area contributed by atoms with E-state index in [0.717, 1.165) is 50.2 Å². The van der Waals surface area contributed by atoms with Gasteiger partial charge in [-0.1, -0.05) is 60.7 Å². The minimum Gasteiger partial charge on any atom is -0.378 e. The molecule has 4 rings (SSSR count). The van der Waals surface area contributed by atoms with Gasteiger partial charge in [0.25, 0.3) is 5.91 Å². The summed E-state index contributed by atoms with van der Waals surface area (Å²) in [5.41, 5.74) is 3.88. The number of piperidine rings is 1. The number of carbonyl (C=O) groups excluding carboxylic acids is 1. The molecule has 0 atom stereocenters. The Hall–Kier alpha value is -3.18. The molecule has 3 aromatic rings. The van der Waals surface area contributed by atoms with Crippen molar-refractivity contribution >= 4 is 11.6 Å². The normalized spacial score (nSPS) is 14.4. The largest absolute Gasteiger partial charge is 0.378 e. The minimum atomic E-state index is -0.148. The fraction of sp³-hybridized carbons (Fsp3) is 0.308. The van der Waals surface area contributed by atoms with Gasteiger partial charge in [-0.25, -0.2) is 0 Å². The fourth-order valence-electron chi connectivity index (χ4n) is 3.88. The van der Waals surface area contributed by atoms with Crippen LogP contribution in [0.15, 0.2) is 79.0 Å². The molecule has 5 nitrogen and oxygen atoms in total. The van der Waals surface area contributed by atoms with Crippen LogP contribution in [0.1, 0.15) is 34.5 Å². The summed E-state index contributed by atoms with van der Waals surface area (Å²) in [5, 5.41) is 2.95. The Labute approximate surface area is 184 Å². The lowest BCUT2D eigenvalue weighted by Gasteiger charge is -2.33. The van der Waals surface area contributed by atoms with Gasteiger partial charge in [0.05, 0.1) is 12.7 Å². The third kappa shape index (κ3) is 6.15. The third-order valence-corrected chi connectivity index (χ3v) is 5.67. The van der Waals surface area contributed by atoms with Crippen LogP contribution in [-0.4, -0.2) is 36.7 Å². The van der Waals surface area contributed by atoms with Crippen molar-refractivity contribution in [2.24, 2.45) is 0 Å².